The van der Waals surface area contributed by atoms with Crippen molar-refractivity contribution in [3.8, 4) is 11.1 Å². The minimum absolute atomic E-state index is 0.296. The monoisotopic (exact) mass is 401 g/mol. The second kappa shape index (κ2) is 7.40. The Balaban J connectivity index is 1.87. The van der Waals surface area contributed by atoms with Gasteiger partial charge in [-0.2, -0.15) is 0 Å². The fourth-order valence-corrected chi connectivity index (χ4v) is 3.24. The lowest BCUT2D eigenvalue weighted by molar-refractivity contribution is 0.102. The van der Waals surface area contributed by atoms with Gasteiger partial charge in [-0.05, 0) is 59.7 Å². The lowest BCUT2D eigenvalue weighted by Gasteiger charge is -2.11. The third-order valence-corrected chi connectivity index (χ3v) is 5.29. The summed E-state index contributed by atoms with van der Waals surface area (Å²) >= 11 is 0. The minimum Gasteiger partial charge on any atom is -0.397 e. The van der Waals surface area contributed by atoms with Gasteiger partial charge in [-0.3, -0.25) is 4.79 Å². The van der Waals surface area contributed by atoms with Crippen LogP contribution in [0.15, 0.2) is 65.6 Å². The Hall–Kier alpha value is -3.26. The van der Waals surface area contributed by atoms with Crippen LogP contribution in [0.4, 0.5) is 20.2 Å². The summed E-state index contributed by atoms with van der Waals surface area (Å²) in [5.41, 5.74) is 7.83. The molecule has 28 heavy (non-hydrogen) atoms. The molecule has 0 aliphatic carbocycles. The number of nitrogens with two attached hydrogens (primary N) is 1. The minimum atomic E-state index is -2.86. The molecule has 0 saturated carbocycles. The van der Waals surface area contributed by atoms with Crippen molar-refractivity contribution in [3.05, 3.63) is 77.9 Å². The van der Waals surface area contributed by atoms with Gasteiger partial charge in [0.1, 0.15) is 0 Å². The normalized spacial score (nSPS) is 13.0. The lowest BCUT2D eigenvalue weighted by Crippen LogP contribution is -2.13. The maximum absolute atomic E-state index is 13.5. The summed E-state index contributed by atoms with van der Waals surface area (Å²) in [6, 6.07) is 14.1. The van der Waals surface area contributed by atoms with Crippen molar-refractivity contribution < 1.29 is 17.8 Å². The second-order valence-electron chi connectivity index (χ2n) is 6.25. The van der Waals surface area contributed by atoms with Gasteiger partial charge >= 0.3 is 0 Å². The number of anilines is 2. The van der Waals surface area contributed by atoms with Crippen molar-refractivity contribution in [2.75, 3.05) is 17.3 Å². The molecule has 1 unspecified atom stereocenters. The molecule has 0 aliphatic rings. The van der Waals surface area contributed by atoms with Crippen molar-refractivity contribution >= 4 is 27.0 Å². The average molecular weight is 401 g/mol. The molecule has 0 heterocycles. The quantitative estimate of drug-likeness (QED) is 0.562. The van der Waals surface area contributed by atoms with E-state index in [2.05, 4.69) is 5.32 Å². The van der Waals surface area contributed by atoms with Crippen molar-refractivity contribution in [2.24, 2.45) is 0 Å². The Labute approximate surface area is 161 Å². The molecule has 5 nitrogen and oxygen atoms in total. The highest BCUT2D eigenvalue weighted by Crippen LogP contribution is 2.28. The summed E-state index contributed by atoms with van der Waals surface area (Å²) in [4.78, 5) is 12.8. The predicted octanol–water partition coefficient (Wildman–Crippen LogP) is 4.50. The Morgan fingerprint density at radius 2 is 1.57 bits per heavy atom. The van der Waals surface area contributed by atoms with E-state index in [-0.39, 0.29) is 0 Å². The highest BCUT2D eigenvalue weighted by atomic mass is 32.2. The van der Waals surface area contributed by atoms with Gasteiger partial charge in [0.15, 0.2) is 11.6 Å². The van der Waals surface area contributed by atoms with E-state index in [1.165, 1.54) is 36.6 Å². The zero-order valence-corrected chi connectivity index (χ0v) is 15.6. The number of carbonyl (C=O) groups is 1. The zero-order chi connectivity index (χ0) is 20.5. The molecule has 0 radical (unpaired) electrons. The van der Waals surface area contributed by atoms with Crippen LogP contribution in [-0.2, 0) is 9.73 Å². The number of benzene rings is 3. The van der Waals surface area contributed by atoms with Gasteiger partial charge in [-0.25, -0.2) is 17.8 Å². The van der Waals surface area contributed by atoms with Gasteiger partial charge in [0, 0.05) is 16.7 Å². The molecule has 1 amide bonds. The van der Waals surface area contributed by atoms with Crippen molar-refractivity contribution in [1.29, 1.82) is 4.78 Å². The van der Waals surface area contributed by atoms with Crippen LogP contribution in [0.2, 0.25) is 0 Å². The Morgan fingerprint density at radius 1 is 0.964 bits per heavy atom. The molecule has 3 aromatic carbocycles. The maximum atomic E-state index is 13.5. The van der Waals surface area contributed by atoms with Crippen molar-refractivity contribution in [1.82, 2.24) is 0 Å². The Bertz CT molecular complexity index is 1160. The Morgan fingerprint density at radius 3 is 2.18 bits per heavy atom. The van der Waals surface area contributed by atoms with Crippen molar-refractivity contribution in [2.45, 2.75) is 4.90 Å². The van der Waals surface area contributed by atoms with Crippen LogP contribution in [0.1, 0.15) is 10.4 Å². The summed E-state index contributed by atoms with van der Waals surface area (Å²) in [5, 5.41) is 2.67. The molecular formula is C20H17F2N3O2S. The molecule has 1 atom stereocenters. The van der Waals surface area contributed by atoms with Crippen molar-refractivity contribution in [3.63, 3.8) is 0 Å². The molecule has 0 saturated heterocycles. The molecule has 3 aromatic rings. The van der Waals surface area contributed by atoms with Crippen LogP contribution in [0.25, 0.3) is 11.1 Å². The largest absolute Gasteiger partial charge is 0.397 e. The molecule has 0 aliphatic heterocycles. The number of rotatable bonds is 4. The van der Waals surface area contributed by atoms with E-state index in [4.69, 9.17) is 10.5 Å². The van der Waals surface area contributed by atoms with Crippen LogP contribution in [0, 0.1) is 16.4 Å². The van der Waals surface area contributed by atoms with Gasteiger partial charge < -0.3 is 11.1 Å². The van der Waals surface area contributed by atoms with E-state index in [9.17, 15) is 17.8 Å². The van der Waals surface area contributed by atoms with E-state index in [0.29, 0.717) is 33.0 Å². The van der Waals surface area contributed by atoms with Gasteiger partial charge in [-0.15, -0.1) is 0 Å². The average Bonchev–Trinajstić information content (AvgIpc) is 2.65. The molecular weight excluding hydrogens is 384 g/mol. The molecule has 0 aromatic heterocycles. The number of hydrogen-bond acceptors (Lipinski definition) is 4. The number of hydrogen-bond donors (Lipinski definition) is 3. The standard InChI is InChI=1S/C20H17F2N3O2S/c1-28(24,27)15-6-2-12(3-7-15)20(26)25-19-11-14(5-9-18(19)23)13-4-8-16(21)17(22)10-13/h2-11,24H,23H2,1H3,(H,25,26). The number of carbonyl (C=O) groups excluding carboxylic acids is 1. The molecule has 0 bridgehead atoms. The smallest absolute Gasteiger partial charge is 0.255 e. The van der Waals surface area contributed by atoms with Gasteiger partial charge in [-0.1, -0.05) is 12.1 Å². The number of nitrogens with one attached hydrogen (secondary N) is 2. The summed E-state index contributed by atoms with van der Waals surface area (Å²) < 4.78 is 45.9. The summed E-state index contributed by atoms with van der Waals surface area (Å²) in [7, 11) is -2.86. The first-order chi connectivity index (χ1) is 13.1. The zero-order valence-electron chi connectivity index (χ0n) is 14.8. The van der Waals surface area contributed by atoms with Gasteiger partial charge in [0.05, 0.1) is 21.1 Å². The lowest BCUT2D eigenvalue weighted by atomic mass is 10.0. The topological polar surface area (TPSA) is 96.0 Å². The Kier molecular flexibility index (Phi) is 5.15. The first-order valence-electron chi connectivity index (χ1n) is 8.15. The number of amides is 1. The predicted molar refractivity (Wildman–Crippen MR) is 106 cm³/mol. The molecule has 4 N–H and O–H groups in total. The molecule has 144 valence electrons. The molecule has 3 rings (SSSR count). The van der Waals surface area contributed by atoms with Crippen LogP contribution in [0.3, 0.4) is 0 Å². The van der Waals surface area contributed by atoms with E-state index in [1.54, 1.807) is 18.2 Å². The fraction of sp³-hybridized carbons (Fsp3) is 0.0500. The molecule has 0 fully saturated rings. The van der Waals surface area contributed by atoms with E-state index in [0.717, 1.165) is 12.1 Å². The third kappa shape index (κ3) is 4.17. The maximum Gasteiger partial charge on any atom is 0.255 e. The molecule has 8 heteroatoms. The first kappa shape index (κ1) is 19.5. The fourth-order valence-electron chi connectivity index (χ4n) is 2.58. The van der Waals surface area contributed by atoms with E-state index >= 15 is 0 Å². The van der Waals surface area contributed by atoms with Crippen LogP contribution in [-0.4, -0.2) is 16.4 Å². The highest BCUT2D eigenvalue weighted by Gasteiger charge is 2.12. The third-order valence-electron chi connectivity index (χ3n) is 4.12. The summed E-state index contributed by atoms with van der Waals surface area (Å²) in [6.45, 7) is 0. The van der Waals surface area contributed by atoms with E-state index < -0.39 is 27.3 Å². The van der Waals surface area contributed by atoms with Crippen LogP contribution >= 0.6 is 0 Å². The highest BCUT2D eigenvalue weighted by molar-refractivity contribution is 7.91. The first-order valence-corrected chi connectivity index (χ1v) is 10.1. The summed E-state index contributed by atoms with van der Waals surface area (Å²) in [5.74, 6) is -2.37. The van der Waals surface area contributed by atoms with Crippen LogP contribution in [0.5, 0.6) is 0 Å². The SMILES string of the molecule is CS(=N)(=O)c1ccc(C(=O)Nc2cc(-c3ccc(F)c(F)c3)ccc2N)cc1. The van der Waals surface area contributed by atoms with Gasteiger partial charge in [0.25, 0.3) is 5.91 Å². The molecule has 0 spiro atoms. The van der Waals surface area contributed by atoms with Crippen LogP contribution < -0.4 is 11.1 Å². The number of nitrogen functional groups attached to an aromatic ring is 1. The second-order valence-corrected chi connectivity index (χ2v) is 8.41. The van der Waals surface area contributed by atoms with Gasteiger partial charge in [0.2, 0.25) is 0 Å². The summed E-state index contributed by atoms with van der Waals surface area (Å²) in [6.07, 6.45) is 1.30. The number of halogens is 2. The van der Waals surface area contributed by atoms with E-state index in [1.807, 2.05) is 0 Å².